The van der Waals surface area contributed by atoms with Crippen LogP contribution in [-0.2, 0) is 0 Å². The Morgan fingerprint density at radius 1 is 1.26 bits per heavy atom. The average molecular weight is 273 g/mol. The molecule has 19 heavy (non-hydrogen) atoms. The maximum atomic E-state index is 5.95. The molecular weight excluding hydrogens is 254 g/mol. The number of hydrogen-bond acceptors (Lipinski definition) is 4. The summed E-state index contributed by atoms with van der Waals surface area (Å²) in [5.41, 5.74) is 10.7. The Morgan fingerprint density at radius 3 is 2.53 bits per heavy atom. The molecule has 0 saturated carbocycles. The van der Waals surface area contributed by atoms with Crippen LogP contribution in [0.4, 0.5) is 5.82 Å². The van der Waals surface area contributed by atoms with Crippen molar-refractivity contribution < 1.29 is 0 Å². The van der Waals surface area contributed by atoms with Crippen LogP contribution in [0.25, 0.3) is 11.0 Å². The summed E-state index contributed by atoms with van der Waals surface area (Å²) < 4.78 is 1.85. The molecule has 0 unspecified atom stereocenters. The van der Waals surface area contributed by atoms with Gasteiger partial charge in [0.05, 0.1) is 5.39 Å². The highest BCUT2D eigenvalue weighted by atomic mass is 28.3. The van der Waals surface area contributed by atoms with E-state index in [0.717, 1.165) is 11.0 Å². The summed E-state index contributed by atoms with van der Waals surface area (Å²) in [4.78, 5) is 8.32. The molecule has 2 heterocycles. The molecule has 0 radical (unpaired) electrons. The maximum Gasteiger partial charge on any atom is 0.164 e. The summed E-state index contributed by atoms with van der Waals surface area (Å²) in [5, 5.41) is 5.30. The number of nitrogens with zero attached hydrogens (tertiary/aromatic N) is 4. The first-order valence-corrected chi connectivity index (χ1v) is 9.81. The SMILES string of the molecule is CC(C)n1nc(C#C[Si](C)(C)C)c2c(N)ncnc21. The van der Waals surface area contributed by atoms with Crippen molar-refractivity contribution in [3.63, 3.8) is 0 Å². The van der Waals surface area contributed by atoms with Crippen LogP contribution in [0.2, 0.25) is 19.6 Å². The Bertz CT molecular complexity index is 670. The second-order valence-electron chi connectivity index (χ2n) is 5.84. The highest BCUT2D eigenvalue weighted by Gasteiger charge is 2.16. The summed E-state index contributed by atoms with van der Waals surface area (Å²) >= 11 is 0. The number of rotatable bonds is 1. The summed E-state index contributed by atoms with van der Waals surface area (Å²) in [6.45, 7) is 10.7. The molecule has 0 saturated heterocycles. The van der Waals surface area contributed by atoms with E-state index < -0.39 is 8.07 Å². The minimum atomic E-state index is -1.45. The molecule has 0 bridgehead atoms. The van der Waals surface area contributed by atoms with Crippen molar-refractivity contribution in [3.05, 3.63) is 12.0 Å². The molecule has 2 rings (SSSR count). The fourth-order valence-electron chi connectivity index (χ4n) is 1.69. The van der Waals surface area contributed by atoms with Gasteiger partial charge in [-0.3, -0.25) is 0 Å². The molecule has 0 aliphatic rings. The van der Waals surface area contributed by atoms with Crippen LogP contribution in [0.5, 0.6) is 0 Å². The molecule has 2 aromatic heterocycles. The van der Waals surface area contributed by atoms with Gasteiger partial charge in [0.1, 0.15) is 25.9 Å². The van der Waals surface area contributed by atoms with Gasteiger partial charge in [-0.1, -0.05) is 25.6 Å². The van der Waals surface area contributed by atoms with Gasteiger partial charge in [0.2, 0.25) is 0 Å². The standard InChI is InChI=1S/C13H19N5Si/c1-9(2)18-13-11(12(14)15-8-16-13)10(17-18)6-7-19(3,4)5/h8-9H,1-5H3,(H2,14,15,16). The molecule has 5 nitrogen and oxygen atoms in total. The second kappa shape index (κ2) is 4.66. The van der Waals surface area contributed by atoms with E-state index in [2.05, 4.69) is 60.0 Å². The van der Waals surface area contributed by atoms with E-state index >= 15 is 0 Å². The van der Waals surface area contributed by atoms with Crippen LogP contribution in [0.3, 0.4) is 0 Å². The first-order chi connectivity index (χ1) is 8.79. The fourth-order valence-corrected chi connectivity index (χ4v) is 2.18. The molecule has 100 valence electrons. The minimum absolute atomic E-state index is 0.208. The zero-order chi connectivity index (χ0) is 14.2. The van der Waals surface area contributed by atoms with Crippen molar-refractivity contribution in [1.82, 2.24) is 19.7 Å². The van der Waals surface area contributed by atoms with Gasteiger partial charge in [-0.25, -0.2) is 14.6 Å². The Morgan fingerprint density at radius 2 is 1.95 bits per heavy atom. The van der Waals surface area contributed by atoms with Crippen LogP contribution >= 0.6 is 0 Å². The zero-order valence-corrected chi connectivity index (χ0v) is 13.0. The lowest BCUT2D eigenvalue weighted by atomic mass is 10.3. The van der Waals surface area contributed by atoms with Crippen molar-refractivity contribution in [2.24, 2.45) is 0 Å². The van der Waals surface area contributed by atoms with Gasteiger partial charge in [0.15, 0.2) is 5.65 Å². The van der Waals surface area contributed by atoms with Crippen LogP contribution in [0, 0.1) is 11.5 Å². The molecule has 0 aliphatic heterocycles. The van der Waals surface area contributed by atoms with E-state index in [1.807, 2.05) is 4.68 Å². The van der Waals surface area contributed by atoms with Gasteiger partial charge in [0, 0.05) is 6.04 Å². The fraction of sp³-hybridized carbons (Fsp3) is 0.462. The van der Waals surface area contributed by atoms with Crippen molar-refractivity contribution in [2.45, 2.75) is 39.5 Å². The first-order valence-electron chi connectivity index (χ1n) is 6.31. The maximum absolute atomic E-state index is 5.95. The monoisotopic (exact) mass is 273 g/mol. The van der Waals surface area contributed by atoms with Gasteiger partial charge in [0.25, 0.3) is 0 Å². The van der Waals surface area contributed by atoms with E-state index in [9.17, 15) is 0 Å². The van der Waals surface area contributed by atoms with E-state index in [4.69, 9.17) is 5.73 Å². The predicted molar refractivity (Wildman–Crippen MR) is 80.3 cm³/mol. The zero-order valence-electron chi connectivity index (χ0n) is 12.0. The van der Waals surface area contributed by atoms with Crippen LogP contribution in [0.15, 0.2) is 6.33 Å². The van der Waals surface area contributed by atoms with Crippen LogP contribution in [0.1, 0.15) is 25.6 Å². The number of anilines is 1. The molecule has 0 fully saturated rings. The summed E-state index contributed by atoms with van der Waals surface area (Å²) in [7, 11) is -1.45. The number of nitrogens with two attached hydrogens (primary N) is 1. The quantitative estimate of drug-likeness (QED) is 0.639. The molecule has 0 amide bonds. The van der Waals surface area contributed by atoms with E-state index in [1.165, 1.54) is 6.33 Å². The average Bonchev–Trinajstić information content (AvgIpc) is 2.66. The molecule has 0 aromatic carbocycles. The van der Waals surface area contributed by atoms with Crippen molar-refractivity contribution in [2.75, 3.05) is 5.73 Å². The molecule has 0 aliphatic carbocycles. The van der Waals surface area contributed by atoms with Crippen LogP contribution in [-0.4, -0.2) is 27.8 Å². The van der Waals surface area contributed by atoms with Crippen molar-refractivity contribution in [3.8, 4) is 11.5 Å². The van der Waals surface area contributed by atoms with Crippen LogP contribution < -0.4 is 5.73 Å². The molecule has 0 atom stereocenters. The third-order valence-electron chi connectivity index (χ3n) is 2.56. The van der Waals surface area contributed by atoms with Gasteiger partial charge in [-0.15, -0.1) is 5.54 Å². The van der Waals surface area contributed by atoms with E-state index in [-0.39, 0.29) is 6.04 Å². The molecule has 2 aromatic rings. The molecule has 6 heteroatoms. The summed E-state index contributed by atoms with van der Waals surface area (Å²) in [6, 6.07) is 0.208. The first kappa shape index (κ1) is 13.6. The van der Waals surface area contributed by atoms with Crippen molar-refractivity contribution >= 4 is 24.9 Å². The Balaban J connectivity index is 2.70. The second-order valence-corrected chi connectivity index (χ2v) is 10.6. The largest absolute Gasteiger partial charge is 0.383 e. The lowest BCUT2D eigenvalue weighted by Gasteiger charge is -2.05. The smallest absolute Gasteiger partial charge is 0.164 e. The Kier molecular flexibility index (Phi) is 3.33. The molecular formula is C13H19N5Si. The summed E-state index contributed by atoms with van der Waals surface area (Å²) in [5.74, 6) is 3.60. The Labute approximate surface area is 114 Å². The Hall–Kier alpha value is -1.87. The predicted octanol–water partition coefficient (Wildman–Crippen LogP) is 2.22. The van der Waals surface area contributed by atoms with Gasteiger partial charge >= 0.3 is 0 Å². The number of hydrogen-bond donors (Lipinski definition) is 1. The number of fused-ring (bicyclic) bond motifs is 1. The minimum Gasteiger partial charge on any atom is -0.383 e. The molecule has 2 N–H and O–H groups in total. The van der Waals surface area contributed by atoms with Gasteiger partial charge < -0.3 is 5.73 Å². The topological polar surface area (TPSA) is 69.6 Å². The highest BCUT2D eigenvalue weighted by molar-refractivity contribution is 6.83. The highest BCUT2D eigenvalue weighted by Crippen LogP contribution is 2.23. The third kappa shape index (κ3) is 2.76. The van der Waals surface area contributed by atoms with Gasteiger partial charge in [-0.05, 0) is 13.8 Å². The molecule has 0 spiro atoms. The lowest BCUT2D eigenvalue weighted by molar-refractivity contribution is 0.545. The number of aromatic nitrogens is 4. The third-order valence-corrected chi connectivity index (χ3v) is 3.44. The van der Waals surface area contributed by atoms with Gasteiger partial charge in [-0.2, -0.15) is 5.10 Å². The normalized spacial score (nSPS) is 11.7. The summed E-state index contributed by atoms with van der Waals surface area (Å²) in [6.07, 6.45) is 1.47. The van der Waals surface area contributed by atoms with Crippen molar-refractivity contribution in [1.29, 1.82) is 0 Å². The lowest BCUT2D eigenvalue weighted by Crippen LogP contribution is -2.16. The number of nitrogen functional groups attached to an aromatic ring is 1. The van der Waals surface area contributed by atoms with E-state index in [0.29, 0.717) is 11.5 Å². The van der Waals surface area contributed by atoms with E-state index in [1.54, 1.807) is 0 Å².